The number of fused-ring (bicyclic) bond motifs is 1. The lowest BCUT2D eigenvalue weighted by Crippen LogP contribution is -2.21. The van der Waals surface area contributed by atoms with Crippen molar-refractivity contribution in [3.63, 3.8) is 0 Å². The van der Waals surface area contributed by atoms with Crippen molar-refractivity contribution in [1.82, 2.24) is 10.3 Å². The number of nitrogens with zero attached hydrogens (tertiary/aromatic N) is 1. The summed E-state index contributed by atoms with van der Waals surface area (Å²) >= 11 is 7.65. The van der Waals surface area contributed by atoms with Crippen molar-refractivity contribution in [2.45, 2.75) is 19.4 Å². The van der Waals surface area contributed by atoms with Gasteiger partial charge >= 0.3 is 0 Å². The molecule has 0 aliphatic carbocycles. The van der Waals surface area contributed by atoms with Gasteiger partial charge in [0.1, 0.15) is 5.01 Å². The predicted octanol–water partition coefficient (Wildman–Crippen LogP) is 4.84. The summed E-state index contributed by atoms with van der Waals surface area (Å²) in [5, 5.41) is 5.47. The number of hydrogen-bond donors (Lipinski definition) is 1. The second-order valence-electron chi connectivity index (χ2n) is 5.07. The fourth-order valence-corrected chi connectivity index (χ4v) is 3.37. The number of rotatable bonds is 5. The summed E-state index contributed by atoms with van der Waals surface area (Å²) in [5.74, 6) is 0. The van der Waals surface area contributed by atoms with Gasteiger partial charge in [-0.05, 0) is 49.7 Å². The number of thiazole rings is 1. The van der Waals surface area contributed by atoms with E-state index in [4.69, 9.17) is 11.6 Å². The Bertz CT molecular complexity index is 688. The zero-order valence-corrected chi connectivity index (χ0v) is 13.4. The Hall–Kier alpha value is -1.42. The molecule has 1 atom stereocenters. The molecule has 1 aromatic heterocycles. The molecule has 0 fully saturated rings. The number of aromatic nitrogens is 1. The lowest BCUT2D eigenvalue weighted by molar-refractivity contribution is 0.575. The summed E-state index contributed by atoms with van der Waals surface area (Å²) in [4.78, 5) is 4.69. The molecule has 0 aliphatic heterocycles. The first-order chi connectivity index (χ1) is 10.2. The van der Waals surface area contributed by atoms with E-state index in [0.717, 1.165) is 28.5 Å². The predicted molar refractivity (Wildman–Crippen MR) is 91.2 cm³/mol. The number of halogens is 1. The molecule has 4 heteroatoms. The molecular weight excluding hydrogens is 300 g/mol. The highest BCUT2D eigenvalue weighted by Gasteiger charge is 2.10. The summed E-state index contributed by atoms with van der Waals surface area (Å²) < 4.78 is 1.25. The Morgan fingerprint density at radius 2 is 1.90 bits per heavy atom. The van der Waals surface area contributed by atoms with Crippen LogP contribution in [0.15, 0.2) is 48.5 Å². The Morgan fingerprint density at radius 3 is 2.67 bits per heavy atom. The van der Waals surface area contributed by atoms with Crippen LogP contribution in [0.1, 0.15) is 23.5 Å². The van der Waals surface area contributed by atoms with Crippen molar-refractivity contribution < 1.29 is 0 Å². The lowest BCUT2D eigenvalue weighted by atomic mass is 10.1. The molecule has 3 rings (SSSR count). The molecule has 0 bridgehead atoms. The maximum Gasteiger partial charge on any atom is 0.111 e. The molecule has 108 valence electrons. The van der Waals surface area contributed by atoms with Crippen LogP contribution in [0, 0.1) is 0 Å². The Balaban J connectivity index is 1.58. The first kappa shape index (κ1) is 14.5. The van der Waals surface area contributed by atoms with Crippen LogP contribution in [0.2, 0.25) is 5.02 Å². The van der Waals surface area contributed by atoms with Gasteiger partial charge in [-0.3, -0.25) is 0 Å². The number of para-hydroxylation sites is 1. The third-order valence-electron chi connectivity index (χ3n) is 3.46. The average molecular weight is 317 g/mol. The summed E-state index contributed by atoms with van der Waals surface area (Å²) in [6, 6.07) is 16.6. The second-order valence-corrected chi connectivity index (χ2v) is 6.57. The van der Waals surface area contributed by atoms with Crippen LogP contribution in [0.25, 0.3) is 10.2 Å². The van der Waals surface area contributed by atoms with Gasteiger partial charge in [-0.15, -0.1) is 11.3 Å². The van der Waals surface area contributed by atoms with Gasteiger partial charge in [-0.25, -0.2) is 4.98 Å². The molecule has 1 unspecified atom stereocenters. The van der Waals surface area contributed by atoms with Gasteiger partial charge in [0, 0.05) is 5.02 Å². The fourth-order valence-electron chi connectivity index (χ4n) is 2.25. The molecule has 1 N–H and O–H groups in total. The minimum Gasteiger partial charge on any atom is -0.308 e. The van der Waals surface area contributed by atoms with Gasteiger partial charge in [-0.2, -0.15) is 0 Å². The second kappa shape index (κ2) is 6.56. The molecule has 3 aromatic rings. The normalized spacial score (nSPS) is 12.7. The topological polar surface area (TPSA) is 24.9 Å². The van der Waals surface area contributed by atoms with Crippen molar-refractivity contribution in [2.24, 2.45) is 0 Å². The van der Waals surface area contributed by atoms with Crippen molar-refractivity contribution >= 4 is 33.2 Å². The lowest BCUT2D eigenvalue weighted by Gasteiger charge is -2.10. The first-order valence-corrected chi connectivity index (χ1v) is 8.25. The first-order valence-electron chi connectivity index (χ1n) is 7.05. The zero-order valence-electron chi connectivity index (χ0n) is 11.8. The van der Waals surface area contributed by atoms with Crippen LogP contribution < -0.4 is 5.32 Å². The van der Waals surface area contributed by atoms with E-state index < -0.39 is 0 Å². The number of benzene rings is 2. The van der Waals surface area contributed by atoms with E-state index in [2.05, 4.69) is 47.6 Å². The molecule has 2 nitrogen and oxygen atoms in total. The third-order valence-corrected chi connectivity index (χ3v) is 4.93. The molecule has 0 saturated carbocycles. The molecule has 2 aromatic carbocycles. The molecule has 0 radical (unpaired) electrons. The monoisotopic (exact) mass is 316 g/mol. The smallest absolute Gasteiger partial charge is 0.111 e. The SMILES string of the molecule is CC(NCCc1ccc(Cl)cc1)c1nc2ccccc2s1. The zero-order chi connectivity index (χ0) is 14.7. The summed E-state index contributed by atoms with van der Waals surface area (Å²) in [7, 11) is 0. The van der Waals surface area contributed by atoms with Gasteiger partial charge in [0.15, 0.2) is 0 Å². The summed E-state index contributed by atoms with van der Waals surface area (Å²) in [6.45, 7) is 3.10. The van der Waals surface area contributed by atoms with Crippen molar-refractivity contribution in [3.8, 4) is 0 Å². The van der Waals surface area contributed by atoms with Gasteiger partial charge in [-0.1, -0.05) is 35.9 Å². The molecule has 0 saturated heterocycles. The molecule has 0 spiro atoms. The summed E-state index contributed by atoms with van der Waals surface area (Å²) in [5.41, 5.74) is 2.38. The number of nitrogens with one attached hydrogen (secondary N) is 1. The van der Waals surface area contributed by atoms with E-state index in [9.17, 15) is 0 Å². The van der Waals surface area contributed by atoms with E-state index in [0.29, 0.717) is 0 Å². The molecule has 0 aliphatic rings. The van der Waals surface area contributed by atoms with Crippen LogP contribution >= 0.6 is 22.9 Å². The van der Waals surface area contributed by atoms with E-state index in [1.807, 2.05) is 18.2 Å². The molecule has 1 heterocycles. The Kier molecular flexibility index (Phi) is 4.54. The van der Waals surface area contributed by atoms with Gasteiger partial charge in [0.25, 0.3) is 0 Å². The van der Waals surface area contributed by atoms with Gasteiger partial charge in [0.2, 0.25) is 0 Å². The molecular formula is C17H17ClN2S. The highest BCUT2D eigenvalue weighted by molar-refractivity contribution is 7.18. The van der Waals surface area contributed by atoms with E-state index in [1.165, 1.54) is 10.3 Å². The van der Waals surface area contributed by atoms with Gasteiger partial charge < -0.3 is 5.32 Å². The maximum absolute atomic E-state index is 5.89. The summed E-state index contributed by atoms with van der Waals surface area (Å²) in [6.07, 6.45) is 0.992. The van der Waals surface area contributed by atoms with Crippen molar-refractivity contribution in [2.75, 3.05) is 6.54 Å². The number of hydrogen-bond acceptors (Lipinski definition) is 3. The van der Waals surface area contributed by atoms with Gasteiger partial charge in [0.05, 0.1) is 16.3 Å². The van der Waals surface area contributed by atoms with E-state index in [1.54, 1.807) is 11.3 Å². The van der Waals surface area contributed by atoms with Crippen LogP contribution in [0.4, 0.5) is 0 Å². The van der Waals surface area contributed by atoms with Crippen molar-refractivity contribution in [1.29, 1.82) is 0 Å². The van der Waals surface area contributed by atoms with Crippen LogP contribution in [-0.2, 0) is 6.42 Å². The van der Waals surface area contributed by atoms with Crippen LogP contribution in [0.3, 0.4) is 0 Å². The fraction of sp³-hybridized carbons (Fsp3) is 0.235. The minimum absolute atomic E-state index is 0.273. The maximum atomic E-state index is 5.89. The Morgan fingerprint density at radius 1 is 1.14 bits per heavy atom. The Labute approximate surface area is 133 Å². The van der Waals surface area contributed by atoms with Crippen LogP contribution in [-0.4, -0.2) is 11.5 Å². The highest BCUT2D eigenvalue weighted by atomic mass is 35.5. The minimum atomic E-state index is 0.273. The quantitative estimate of drug-likeness (QED) is 0.728. The largest absolute Gasteiger partial charge is 0.308 e. The van der Waals surface area contributed by atoms with Crippen molar-refractivity contribution in [3.05, 3.63) is 64.1 Å². The molecule has 21 heavy (non-hydrogen) atoms. The standard InChI is InChI=1S/C17H17ClN2S/c1-12(17-20-15-4-2-3-5-16(15)21-17)19-11-10-13-6-8-14(18)9-7-13/h2-9,12,19H,10-11H2,1H3. The third kappa shape index (κ3) is 3.62. The average Bonchev–Trinajstić information content (AvgIpc) is 2.93. The highest BCUT2D eigenvalue weighted by Crippen LogP contribution is 2.25. The molecule has 0 amide bonds. The van der Waals surface area contributed by atoms with E-state index >= 15 is 0 Å². The van der Waals surface area contributed by atoms with Crippen LogP contribution in [0.5, 0.6) is 0 Å². The van der Waals surface area contributed by atoms with E-state index in [-0.39, 0.29) is 6.04 Å².